The van der Waals surface area contributed by atoms with E-state index >= 15 is 0 Å². The van der Waals surface area contributed by atoms with Gasteiger partial charge in [-0.3, -0.25) is 0 Å². The van der Waals surface area contributed by atoms with E-state index in [9.17, 15) is 4.39 Å². The van der Waals surface area contributed by atoms with E-state index < -0.39 is 0 Å². The van der Waals surface area contributed by atoms with E-state index in [4.69, 9.17) is 30.2 Å². The van der Waals surface area contributed by atoms with Crippen LogP contribution in [0.3, 0.4) is 0 Å². The molecular formula is C19H16ClFN2O4. The van der Waals surface area contributed by atoms with E-state index in [2.05, 4.69) is 10.2 Å². The van der Waals surface area contributed by atoms with Crippen molar-refractivity contribution in [1.82, 2.24) is 10.2 Å². The minimum atomic E-state index is -0.328. The summed E-state index contributed by atoms with van der Waals surface area (Å²) in [5, 5.41) is 8.20. The van der Waals surface area contributed by atoms with Crippen molar-refractivity contribution in [3.05, 3.63) is 53.7 Å². The van der Waals surface area contributed by atoms with Crippen molar-refractivity contribution in [3.8, 4) is 28.7 Å². The molecule has 0 aliphatic heterocycles. The van der Waals surface area contributed by atoms with Gasteiger partial charge in [0.1, 0.15) is 10.8 Å². The van der Waals surface area contributed by atoms with Crippen LogP contribution < -0.4 is 14.2 Å². The maximum Gasteiger partial charge on any atom is 0.259 e. The number of aromatic nitrogens is 2. The summed E-state index contributed by atoms with van der Waals surface area (Å²) in [5.41, 5.74) is 1.28. The van der Waals surface area contributed by atoms with Gasteiger partial charge in [0.05, 0.1) is 21.3 Å². The second kappa shape index (κ2) is 8.09. The van der Waals surface area contributed by atoms with Crippen LogP contribution in [-0.2, 0) is 0 Å². The summed E-state index contributed by atoms with van der Waals surface area (Å²) in [6, 6.07) is 9.24. The first-order valence-electron chi connectivity index (χ1n) is 7.82. The molecule has 8 heteroatoms. The summed E-state index contributed by atoms with van der Waals surface area (Å²) in [7, 11) is 4.55. The molecule has 0 N–H and O–H groups in total. The smallest absolute Gasteiger partial charge is 0.259 e. The molecule has 0 bridgehead atoms. The Morgan fingerprint density at radius 3 is 2.19 bits per heavy atom. The van der Waals surface area contributed by atoms with Crippen LogP contribution in [0.1, 0.15) is 11.5 Å². The number of hydrogen-bond acceptors (Lipinski definition) is 6. The SMILES string of the molecule is COc1cc(-c2nnc(/C(Cl)=C/c3ccc(F)cc3)o2)cc(OC)c1OC. The van der Waals surface area contributed by atoms with Gasteiger partial charge < -0.3 is 18.6 Å². The molecule has 3 rings (SSSR count). The van der Waals surface area contributed by atoms with Gasteiger partial charge in [0, 0.05) is 5.56 Å². The quantitative estimate of drug-likeness (QED) is 0.611. The van der Waals surface area contributed by atoms with Crippen molar-refractivity contribution in [2.24, 2.45) is 0 Å². The van der Waals surface area contributed by atoms with Crippen LogP contribution in [-0.4, -0.2) is 31.5 Å². The molecule has 0 amide bonds. The van der Waals surface area contributed by atoms with Crippen LogP contribution in [0.5, 0.6) is 17.2 Å². The maximum atomic E-state index is 13.0. The second-order valence-electron chi connectivity index (χ2n) is 5.37. The van der Waals surface area contributed by atoms with Gasteiger partial charge in [-0.25, -0.2) is 4.39 Å². The summed E-state index contributed by atoms with van der Waals surface area (Å²) in [5.74, 6) is 1.40. The summed E-state index contributed by atoms with van der Waals surface area (Å²) >= 11 is 6.25. The monoisotopic (exact) mass is 390 g/mol. The zero-order valence-corrected chi connectivity index (χ0v) is 15.6. The topological polar surface area (TPSA) is 66.6 Å². The molecule has 0 spiro atoms. The van der Waals surface area contributed by atoms with Crippen molar-refractivity contribution in [3.63, 3.8) is 0 Å². The zero-order valence-electron chi connectivity index (χ0n) is 14.8. The van der Waals surface area contributed by atoms with Crippen LogP contribution in [0, 0.1) is 5.82 Å². The highest BCUT2D eigenvalue weighted by molar-refractivity contribution is 6.50. The van der Waals surface area contributed by atoms with E-state index in [1.54, 1.807) is 30.3 Å². The molecule has 0 unspecified atom stereocenters. The molecule has 140 valence electrons. The Balaban J connectivity index is 1.94. The standard InChI is InChI=1S/C19H16ClFN2O4/c1-24-15-9-12(10-16(25-2)17(15)26-3)18-22-23-19(27-18)14(20)8-11-4-6-13(21)7-5-11/h4-10H,1-3H3/b14-8-. The van der Waals surface area contributed by atoms with Gasteiger partial charge in [-0.1, -0.05) is 23.7 Å². The fourth-order valence-electron chi connectivity index (χ4n) is 2.41. The van der Waals surface area contributed by atoms with E-state index in [-0.39, 0.29) is 22.6 Å². The van der Waals surface area contributed by atoms with Crippen molar-refractivity contribution >= 4 is 22.7 Å². The molecule has 3 aromatic rings. The molecule has 0 saturated carbocycles. The summed E-state index contributed by atoms with van der Waals surface area (Å²) in [4.78, 5) is 0. The Labute approximate surface area is 160 Å². The molecule has 0 aliphatic carbocycles. The van der Waals surface area contributed by atoms with Crippen LogP contribution in [0.4, 0.5) is 4.39 Å². The largest absolute Gasteiger partial charge is 0.493 e. The molecule has 27 heavy (non-hydrogen) atoms. The second-order valence-corrected chi connectivity index (χ2v) is 5.78. The van der Waals surface area contributed by atoms with Gasteiger partial charge in [-0.2, -0.15) is 0 Å². The molecule has 1 aromatic heterocycles. The maximum absolute atomic E-state index is 13.0. The molecule has 6 nitrogen and oxygen atoms in total. The van der Waals surface area contributed by atoms with E-state index in [0.29, 0.717) is 28.4 Å². The van der Waals surface area contributed by atoms with Crippen molar-refractivity contribution in [1.29, 1.82) is 0 Å². The lowest BCUT2D eigenvalue weighted by atomic mass is 10.2. The summed E-state index contributed by atoms with van der Waals surface area (Å²) in [6.45, 7) is 0. The number of ether oxygens (including phenoxy) is 3. The van der Waals surface area contributed by atoms with Crippen LogP contribution in [0.2, 0.25) is 0 Å². The van der Waals surface area contributed by atoms with Crippen LogP contribution >= 0.6 is 11.6 Å². The highest BCUT2D eigenvalue weighted by atomic mass is 35.5. The molecule has 0 aliphatic rings. The number of hydrogen-bond donors (Lipinski definition) is 0. The van der Waals surface area contributed by atoms with Gasteiger partial charge in [0.25, 0.3) is 5.89 Å². The predicted molar refractivity (Wildman–Crippen MR) is 99.5 cm³/mol. The highest BCUT2D eigenvalue weighted by Gasteiger charge is 2.18. The third kappa shape index (κ3) is 4.03. The average molecular weight is 391 g/mol. The first-order chi connectivity index (χ1) is 13.0. The molecule has 0 radical (unpaired) electrons. The normalized spacial score (nSPS) is 11.4. The fraction of sp³-hybridized carbons (Fsp3) is 0.158. The average Bonchev–Trinajstić information content (AvgIpc) is 3.19. The van der Waals surface area contributed by atoms with Gasteiger partial charge in [-0.05, 0) is 35.9 Å². The molecule has 1 heterocycles. The Kier molecular flexibility index (Phi) is 5.61. The van der Waals surface area contributed by atoms with Crippen molar-refractivity contribution in [2.45, 2.75) is 0 Å². The van der Waals surface area contributed by atoms with E-state index in [1.807, 2.05) is 0 Å². The Morgan fingerprint density at radius 1 is 1.00 bits per heavy atom. The van der Waals surface area contributed by atoms with Gasteiger partial charge in [0.2, 0.25) is 11.6 Å². The third-order valence-electron chi connectivity index (χ3n) is 3.70. The van der Waals surface area contributed by atoms with E-state index in [1.165, 1.54) is 33.5 Å². The Morgan fingerprint density at radius 2 is 1.63 bits per heavy atom. The fourth-order valence-corrected chi connectivity index (χ4v) is 2.61. The minimum Gasteiger partial charge on any atom is -0.493 e. The van der Waals surface area contributed by atoms with Crippen LogP contribution in [0.15, 0.2) is 40.8 Å². The molecule has 0 saturated heterocycles. The molecule has 0 fully saturated rings. The lowest BCUT2D eigenvalue weighted by Crippen LogP contribution is -1.95. The first kappa shape index (κ1) is 18.7. The van der Waals surface area contributed by atoms with Crippen LogP contribution in [0.25, 0.3) is 22.6 Å². The lowest BCUT2D eigenvalue weighted by Gasteiger charge is -2.12. The Hall–Kier alpha value is -3.06. The summed E-state index contributed by atoms with van der Waals surface area (Å²) < 4.78 is 34.6. The van der Waals surface area contributed by atoms with Gasteiger partial charge in [0.15, 0.2) is 11.5 Å². The summed E-state index contributed by atoms with van der Waals surface area (Å²) in [6.07, 6.45) is 1.60. The third-order valence-corrected chi connectivity index (χ3v) is 3.98. The number of nitrogens with zero attached hydrogens (tertiary/aromatic N) is 2. The number of rotatable bonds is 6. The Bertz CT molecular complexity index is 945. The minimum absolute atomic E-state index is 0.129. The first-order valence-corrected chi connectivity index (χ1v) is 8.20. The predicted octanol–water partition coefficient (Wildman–Crippen LogP) is 4.64. The molecule has 0 atom stereocenters. The van der Waals surface area contributed by atoms with Gasteiger partial charge in [-0.15, -0.1) is 10.2 Å². The van der Waals surface area contributed by atoms with Crippen molar-refractivity contribution < 1.29 is 23.0 Å². The lowest BCUT2D eigenvalue weighted by molar-refractivity contribution is 0.324. The highest BCUT2D eigenvalue weighted by Crippen LogP contribution is 2.41. The van der Waals surface area contributed by atoms with Crippen molar-refractivity contribution in [2.75, 3.05) is 21.3 Å². The zero-order chi connectivity index (χ0) is 19.4. The van der Waals surface area contributed by atoms with Gasteiger partial charge >= 0.3 is 0 Å². The molecule has 2 aromatic carbocycles. The number of benzene rings is 2. The molecular weight excluding hydrogens is 375 g/mol. The number of halogens is 2. The number of methoxy groups -OCH3 is 3. The van der Waals surface area contributed by atoms with E-state index in [0.717, 1.165) is 0 Å².